The molecule has 38 heavy (non-hydrogen) atoms. The highest BCUT2D eigenvalue weighted by Crippen LogP contribution is 2.36. The van der Waals surface area contributed by atoms with Gasteiger partial charge in [-0.25, -0.2) is 9.99 Å². The fourth-order valence-corrected chi connectivity index (χ4v) is 5.39. The molecule has 1 unspecified atom stereocenters. The maximum absolute atomic E-state index is 13.7. The lowest BCUT2D eigenvalue weighted by Gasteiger charge is -2.38. The number of pyridine rings is 1. The number of ether oxygens (including phenoxy) is 1. The highest BCUT2D eigenvalue weighted by Gasteiger charge is 2.35. The molecule has 0 spiro atoms. The average Bonchev–Trinajstić information content (AvgIpc) is 2.94. The molecule has 7 nitrogen and oxygen atoms in total. The first-order chi connectivity index (χ1) is 18.4. The van der Waals surface area contributed by atoms with Crippen molar-refractivity contribution in [2.45, 2.75) is 16.9 Å². The van der Waals surface area contributed by atoms with Gasteiger partial charge in [-0.15, -0.1) is 11.8 Å². The van der Waals surface area contributed by atoms with E-state index in [1.165, 1.54) is 5.01 Å². The van der Waals surface area contributed by atoms with Gasteiger partial charge in [0, 0.05) is 38.3 Å². The number of fused-ring (bicyclic) bond motifs is 1. The Morgan fingerprint density at radius 3 is 2.68 bits per heavy atom. The summed E-state index contributed by atoms with van der Waals surface area (Å²) < 4.78 is 6.36. The Labute approximate surface area is 237 Å². The molecule has 192 valence electrons. The molecule has 4 aromatic rings. The molecule has 2 N–H and O–H groups in total. The monoisotopic (exact) mass is 608 g/mol. The molecule has 1 aromatic heterocycles. The van der Waals surface area contributed by atoms with Crippen LogP contribution < -0.4 is 15.5 Å². The van der Waals surface area contributed by atoms with Crippen LogP contribution in [0.5, 0.6) is 5.75 Å². The summed E-state index contributed by atoms with van der Waals surface area (Å²) in [5, 5.41) is 6.14. The van der Waals surface area contributed by atoms with E-state index in [0.717, 1.165) is 26.4 Å². The maximum Gasteiger partial charge on any atom is 0.276 e. The van der Waals surface area contributed by atoms with Crippen LogP contribution in [0, 0.1) is 0 Å². The number of hydrogen-bond donors (Lipinski definition) is 2. The maximum atomic E-state index is 13.7. The highest BCUT2D eigenvalue weighted by atomic mass is 79.9. The van der Waals surface area contributed by atoms with Gasteiger partial charge in [-0.1, -0.05) is 39.7 Å². The number of nitrogens with one attached hydrogen (secondary N) is 2. The number of carbonyl (C=O) groups is 2. The van der Waals surface area contributed by atoms with Gasteiger partial charge in [0.2, 0.25) is 0 Å². The molecule has 0 saturated heterocycles. The van der Waals surface area contributed by atoms with Crippen LogP contribution in [0.25, 0.3) is 0 Å². The van der Waals surface area contributed by atoms with Crippen LogP contribution in [0.4, 0.5) is 5.69 Å². The lowest BCUT2D eigenvalue weighted by atomic mass is 10.0. The van der Waals surface area contributed by atoms with Crippen molar-refractivity contribution in [2.75, 3.05) is 12.4 Å². The zero-order chi connectivity index (χ0) is 26.6. The third kappa shape index (κ3) is 5.65. The van der Waals surface area contributed by atoms with Crippen molar-refractivity contribution < 1.29 is 14.3 Å². The Balaban J connectivity index is 1.49. The van der Waals surface area contributed by atoms with E-state index in [4.69, 9.17) is 16.3 Å². The molecular formula is C28H22BrClN4O3S. The number of amides is 2. The SMILES string of the molecule is COc1ccc(C2Nc3ccc(Br)cc3C(=O)N2NC(=O)c2ccc(Cl)cc2)cc1CSc1ccccn1. The molecule has 5 rings (SSSR count). The van der Waals surface area contributed by atoms with E-state index in [9.17, 15) is 9.59 Å². The third-order valence-electron chi connectivity index (χ3n) is 5.94. The summed E-state index contributed by atoms with van der Waals surface area (Å²) in [6.45, 7) is 0. The Kier molecular flexibility index (Phi) is 7.87. The second-order valence-corrected chi connectivity index (χ2v) is 10.7. The normalized spacial score (nSPS) is 14.4. The van der Waals surface area contributed by atoms with Gasteiger partial charge in [-0.2, -0.15) is 0 Å². The molecular weight excluding hydrogens is 588 g/mol. The molecule has 1 atom stereocenters. The summed E-state index contributed by atoms with van der Waals surface area (Å²) >= 11 is 11.0. The number of hydrazine groups is 1. The van der Waals surface area contributed by atoms with E-state index in [0.29, 0.717) is 27.6 Å². The molecule has 1 aliphatic rings. The number of thioether (sulfide) groups is 1. The predicted octanol–water partition coefficient (Wildman–Crippen LogP) is 6.71. The smallest absolute Gasteiger partial charge is 0.276 e. The number of halogens is 2. The van der Waals surface area contributed by atoms with Gasteiger partial charge < -0.3 is 10.1 Å². The second-order valence-electron chi connectivity index (χ2n) is 8.39. The minimum atomic E-state index is -0.670. The second kappa shape index (κ2) is 11.5. The van der Waals surface area contributed by atoms with Crippen LogP contribution in [-0.4, -0.2) is 28.9 Å². The van der Waals surface area contributed by atoms with Crippen molar-refractivity contribution in [3.8, 4) is 5.75 Å². The zero-order valence-electron chi connectivity index (χ0n) is 20.2. The van der Waals surface area contributed by atoms with Gasteiger partial charge in [0.15, 0.2) is 0 Å². The molecule has 3 aromatic carbocycles. The number of hydrogen-bond acceptors (Lipinski definition) is 6. The van der Waals surface area contributed by atoms with Crippen molar-refractivity contribution in [3.63, 3.8) is 0 Å². The third-order valence-corrected chi connectivity index (χ3v) is 7.68. The average molecular weight is 610 g/mol. The first kappa shape index (κ1) is 26.1. The van der Waals surface area contributed by atoms with E-state index in [-0.39, 0.29) is 5.91 Å². The Morgan fingerprint density at radius 2 is 1.95 bits per heavy atom. The van der Waals surface area contributed by atoms with Crippen LogP contribution in [0.1, 0.15) is 38.0 Å². The fraction of sp³-hybridized carbons (Fsp3) is 0.107. The predicted molar refractivity (Wildman–Crippen MR) is 152 cm³/mol. The van der Waals surface area contributed by atoms with Gasteiger partial charge in [0.25, 0.3) is 11.8 Å². The molecule has 0 aliphatic carbocycles. The lowest BCUT2D eigenvalue weighted by molar-refractivity contribution is 0.0491. The van der Waals surface area contributed by atoms with Crippen LogP contribution in [0.15, 0.2) is 94.6 Å². The largest absolute Gasteiger partial charge is 0.496 e. The molecule has 1 aliphatic heterocycles. The standard InChI is InChI=1S/C28H22BrClN4O3S/c1-37-24-12-7-18(14-19(24)16-38-25-4-2-3-13-31-25)26-32-23-11-8-20(29)15-22(23)28(36)34(26)33-27(35)17-5-9-21(30)10-6-17/h2-15,26,32H,16H2,1H3,(H,33,35). The molecule has 0 bridgehead atoms. The summed E-state index contributed by atoms with van der Waals surface area (Å²) in [5.41, 5.74) is 5.99. The molecule has 2 amide bonds. The van der Waals surface area contributed by atoms with Gasteiger partial charge in [0.05, 0.1) is 17.7 Å². The summed E-state index contributed by atoms with van der Waals surface area (Å²) in [5.74, 6) is 0.558. The Hall–Kier alpha value is -3.53. The Bertz CT molecular complexity index is 1490. The topological polar surface area (TPSA) is 83.6 Å². The van der Waals surface area contributed by atoms with Crippen LogP contribution in [0.2, 0.25) is 5.02 Å². The van der Waals surface area contributed by atoms with Crippen molar-refractivity contribution in [1.82, 2.24) is 15.4 Å². The lowest BCUT2D eigenvalue weighted by Crippen LogP contribution is -2.52. The first-order valence-corrected chi connectivity index (χ1v) is 13.8. The summed E-state index contributed by atoms with van der Waals surface area (Å²) in [6.07, 6.45) is 1.09. The minimum Gasteiger partial charge on any atom is -0.496 e. The van der Waals surface area contributed by atoms with E-state index in [1.807, 2.05) is 48.5 Å². The van der Waals surface area contributed by atoms with E-state index in [2.05, 4.69) is 31.7 Å². The number of methoxy groups -OCH3 is 1. The van der Waals surface area contributed by atoms with E-state index < -0.39 is 12.1 Å². The minimum absolute atomic E-state index is 0.340. The van der Waals surface area contributed by atoms with Gasteiger partial charge >= 0.3 is 0 Å². The van der Waals surface area contributed by atoms with Crippen molar-refractivity contribution in [2.24, 2.45) is 0 Å². The first-order valence-electron chi connectivity index (χ1n) is 11.6. The fourth-order valence-electron chi connectivity index (χ4n) is 4.07. The van der Waals surface area contributed by atoms with Crippen LogP contribution >= 0.6 is 39.3 Å². The van der Waals surface area contributed by atoms with Crippen LogP contribution in [0.3, 0.4) is 0 Å². The highest BCUT2D eigenvalue weighted by molar-refractivity contribution is 9.10. The molecule has 0 saturated carbocycles. The summed E-state index contributed by atoms with van der Waals surface area (Å²) in [7, 11) is 1.62. The number of anilines is 1. The van der Waals surface area contributed by atoms with E-state index in [1.54, 1.807) is 55.4 Å². The van der Waals surface area contributed by atoms with Gasteiger partial charge in [-0.3, -0.25) is 15.0 Å². The number of aromatic nitrogens is 1. The van der Waals surface area contributed by atoms with Crippen molar-refractivity contribution in [3.05, 3.63) is 117 Å². The molecule has 0 radical (unpaired) electrons. The molecule has 10 heteroatoms. The van der Waals surface area contributed by atoms with Gasteiger partial charge in [-0.05, 0) is 72.3 Å². The number of rotatable bonds is 7. The summed E-state index contributed by atoms with van der Waals surface area (Å²) in [4.78, 5) is 31.2. The Morgan fingerprint density at radius 1 is 1.13 bits per heavy atom. The molecule has 0 fully saturated rings. The van der Waals surface area contributed by atoms with Crippen molar-refractivity contribution in [1.29, 1.82) is 0 Å². The number of benzene rings is 3. The van der Waals surface area contributed by atoms with Gasteiger partial charge in [0.1, 0.15) is 11.9 Å². The molecule has 2 heterocycles. The zero-order valence-corrected chi connectivity index (χ0v) is 23.3. The number of carbonyl (C=O) groups excluding carboxylic acids is 2. The quantitative estimate of drug-likeness (QED) is 0.227. The summed E-state index contributed by atoms with van der Waals surface area (Å²) in [6, 6.07) is 23.4. The number of nitrogens with zero attached hydrogens (tertiary/aromatic N) is 2. The van der Waals surface area contributed by atoms with Crippen LogP contribution in [-0.2, 0) is 5.75 Å². The van der Waals surface area contributed by atoms with Crippen molar-refractivity contribution >= 4 is 56.8 Å². The van der Waals surface area contributed by atoms with E-state index >= 15 is 0 Å².